The van der Waals surface area contributed by atoms with Crippen LogP contribution < -0.4 is 5.73 Å². The SMILES string of the molecule is NC(=S)c1ccc(S(=O)(=O)CCOCC(F)F)cc1. The molecule has 1 rings (SSSR count). The largest absolute Gasteiger partial charge is 0.389 e. The molecule has 0 bridgehead atoms. The van der Waals surface area contributed by atoms with Crippen molar-refractivity contribution in [3.63, 3.8) is 0 Å². The fourth-order valence-electron chi connectivity index (χ4n) is 1.29. The third kappa shape index (κ3) is 5.17. The monoisotopic (exact) mass is 309 g/mol. The highest BCUT2D eigenvalue weighted by Crippen LogP contribution is 2.12. The number of halogens is 2. The van der Waals surface area contributed by atoms with Gasteiger partial charge in [-0.25, -0.2) is 17.2 Å². The zero-order valence-electron chi connectivity index (χ0n) is 9.88. The lowest BCUT2D eigenvalue weighted by Gasteiger charge is -2.06. The van der Waals surface area contributed by atoms with Crippen molar-refractivity contribution in [2.24, 2.45) is 5.73 Å². The van der Waals surface area contributed by atoms with Gasteiger partial charge in [-0.15, -0.1) is 0 Å². The van der Waals surface area contributed by atoms with Gasteiger partial charge in [0, 0.05) is 5.56 Å². The lowest BCUT2D eigenvalue weighted by molar-refractivity contribution is 0.0234. The van der Waals surface area contributed by atoms with E-state index in [1.807, 2.05) is 0 Å². The number of benzene rings is 1. The Hall–Kier alpha value is -1.12. The smallest absolute Gasteiger partial charge is 0.261 e. The highest BCUT2D eigenvalue weighted by molar-refractivity contribution is 7.91. The molecule has 2 N–H and O–H groups in total. The predicted molar refractivity (Wildman–Crippen MR) is 71.2 cm³/mol. The van der Waals surface area contributed by atoms with Crippen LogP contribution in [-0.2, 0) is 14.6 Å². The van der Waals surface area contributed by atoms with E-state index < -0.39 is 22.9 Å². The molecule has 0 heterocycles. The summed E-state index contributed by atoms with van der Waals surface area (Å²) in [6.07, 6.45) is -2.60. The quantitative estimate of drug-likeness (QED) is 0.608. The van der Waals surface area contributed by atoms with Gasteiger partial charge in [-0.1, -0.05) is 24.4 Å². The van der Waals surface area contributed by atoms with E-state index in [1.165, 1.54) is 24.3 Å². The van der Waals surface area contributed by atoms with E-state index in [2.05, 4.69) is 4.74 Å². The van der Waals surface area contributed by atoms with Crippen LogP contribution in [-0.4, -0.2) is 38.8 Å². The molecule has 0 aliphatic heterocycles. The van der Waals surface area contributed by atoms with Gasteiger partial charge in [-0.2, -0.15) is 0 Å². The van der Waals surface area contributed by atoms with Gasteiger partial charge in [0.05, 0.1) is 17.3 Å². The number of alkyl halides is 2. The average Bonchev–Trinajstić information content (AvgIpc) is 2.34. The lowest BCUT2D eigenvalue weighted by atomic mass is 10.2. The molecule has 0 spiro atoms. The second kappa shape index (κ2) is 6.88. The van der Waals surface area contributed by atoms with E-state index in [9.17, 15) is 17.2 Å². The van der Waals surface area contributed by atoms with Crippen molar-refractivity contribution in [3.8, 4) is 0 Å². The Morgan fingerprint density at radius 2 is 1.89 bits per heavy atom. The first kappa shape index (κ1) is 15.9. The molecule has 8 heteroatoms. The van der Waals surface area contributed by atoms with Crippen molar-refractivity contribution in [1.29, 1.82) is 0 Å². The second-order valence-corrected chi connectivity index (χ2v) is 6.22. The van der Waals surface area contributed by atoms with Crippen molar-refractivity contribution in [3.05, 3.63) is 29.8 Å². The van der Waals surface area contributed by atoms with Crippen molar-refractivity contribution in [2.75, 3.05) is 19.0 Å². The molecule has 1 aromatic rings. The van der Waals surface area contributed by atoms with Crippen LogP contribution in [0.3, 0.4) is 0 Å². The number of hydrogen-bond acceptors (Lipinski definition) is 4. The molecule has 106 valence electrons. The number of ether oxygens (including phenoxy) is 1. The molecule has 19 heavy (non-hydrogen) atoms. The molecular formula is C11H13F2NO3S2. The molecule has 1 aromatic carbocycles. The Morgan fingerprint density at radius 1 is 1.32 bits per heavy atom. The summed E-state index contributed by atoms with van der Waals surface area (Å²) in [6, 6.07) is 5.73. The minimum absolute atomic E-state index is 0.0770. The molecule has 0 aromatic heterocycles. The molecule has 0 radical (unpaired) electrons. The first-order valence-corrected chi connectivity index (χ1v) is 7.37. The standard InChI is InChI=1S/C11H13F2NO3S2/c12-10(13)7-17-5-6-19(15,16)9-3-1-8(2-4-9)11(14)18/h1-4,10H,5-7H2,(H2,14,18). The van der Waals surface area contributed by atoms with E-state index in [1.54, 1.807) is 0 Å². The van der Waals surface area contributed by atoms with Gasteiger partial charge in [0.2, 0.25) is 0 Å². The summed E-state index contributed by atoms with van der Waals surface area (Å²) < 4.78 is 51.8. The summed E-state index contributed by atoms with van der Waals surface area (Å²) in [5, 5.41) is 0. The number of thiocarbonyl (C=S) groups is 1. The zero-order chi connectivity index (χ0) is 14.5. The summed E-state index contributed by atoms with van der Waals surface area (Å²) in [6.45, 7) is -1.04. The molecule has 0 fully saturated rings. The molecule has 0 unspecified atom stereocenters. The highest BCUT2D eigenvalue weighted by atomic mass is 32.2. The van der Waals surface area contributed by atoms with Crippen LogP contribution in [0.25, 0.3) is 0 Å². The summed E-state index contributed by atoms with van der Waals surface area (Å²) in [5.41, 5.74) is 5.95. The summed E-state index contributed by atoms with van der Waals surface area (Å²) in [7, 11) is -3.55. The maximum absolute atomic E-state index is 11.8. The van der Waals surface area contributed by atoms with E-state index in [0.29, 0.717) is 5.56 Å². The zero-order valence-corrected chi connectivity index (χ0v) is 11.5. The minimum atomic E-state index is -3.55. The lowest BCUT2D eigenvalue weighted by Crippen LogP contribution is -2.15. The molecule has 4 nitrogen and oxygen atoms in total. The van der Waals surface area contributed by atoms with E-state index in [0.717, 1.165) is 0 Å². The van der Waals surface area contributed by atoms with Crippen LogP contribution in [0.15, 0.2) is 29.2 Å². The molecule has 0 aliphatic carbocycles. The first-order chi connectivity index (χ1) is 8.83. The number of nitrogens with two attached hydrogens (primary N) is 1. The van der Waals surface area contributed by atoms with Gasteiger partial charge >= 0.3 is 0 Å². The van der Waals surface area contributed by atoms with Crippen LogP contribution in [0, 0.1) is 0 Å². The number of hydrogen-bond donors (Lipinski definition) is 1. The van der Waals surface area contributed by atoms with Gasteiger partial charge in [-0.05, 0) is 12.1 Å². The van der Waals surface area contributed by atoms with Crippen molar-refractivity contribution >= 4 is 27.0 Å². The van der Waals surface area contributed by atoms with Gasteiger partial charge in [-0.3, -0.25) is 0 Å². The Kier molecular flexibility index (Phi) is 5.77. The van der Waals surface area contributed by atoms with Crippen LogP contribution in [0.4, 0.5) is 8.78 Å². The third-order valence-corrected chi connectivity index (χ3v) is 4.17. The fourth-order valence-corrected chi connectivity index (χ4v) is 2.55. The van der Waals surface area contributed by atoms with Crippen molar-refractivity contribution in [2.45, 2.75) is 11.3 Å². The topological polar surface area (TPSA) is 69.4 Å². The van der Waals surface area contributed by atoms with Gasteiger partial charge in [0.1, 0.15) is 11.6 Å². The maximum atomic E-state index is 11.8. The van der Waals surface area contributed by atoms with Crippen LogP contribution in [0.1, 0.15) is 5.56 Å². The molecule has 0 saturated carbocycles. The van der Waals surface area contributed by atoms with Crippen molar-refractivity contribution in [1.82, 2.24) is 0 Å². The maximum Gasteiger partial charge on any atom is 0.261 e. The van der Waals surface area contributed by atoms with Gasteiger partial charge in [0.15, 0.2) is 9.84 Å². The second-order valence-electron chi connectivity index (χ2n) is 3.67. The summed E-state index contributed by atoms with van der Waals surface area (Å²) in [4.78, 5) is 0.248. The Balaban J connectivity index is 2.64. The fraction of sp³-hybridized carbons (Fsp3) is 0.364. The Bertz CT molecular complexity index is 529. The molecule has 0 aliphatic rings. The summed E-state index contributed by atoms with van der Waals surface area (Å²) >= 11 is 4.75. The van der Waals surface area contributed by atoms with Crippen LogP contribution in [0.5, 0.6) is 0 Å². The van der Waals surface area contributed by atoms with Crippen LogP contribution in [0.2, 0.25) is 0 Å². The van der Waals surface area contributed by atoms with Crippen molar-refractivity contribution < 1.29 is 21.9 Å². The first-order valence-electron chi connectivity index (χ1n) is 5.31. The molecular weight excluding hydrogens is 296 g/mol. The van der Waals surface area contributed by atoms with Gasteiger partial charge < -0.3 is 10.5 Å². The molecule has 0 saturated heterocycles. The highest BCUT2D eigenvalue weighted by Gasteiger charge is 2.15. The van der Waals surface area contributed by atoms with E-state index in [-0.39, 0.29) is 22.2 Å². The Labute approximate surface area is 115 Å². The normalized spacial score (nSPS) is 11.7. The molecule has 0 atom stereocenters. The average molecular weight is 309 g/mol. The Morgan fingerprint density at radius 3 is 2.37 bits per heavy atom. The van der Waals surface area contributed by atoms with Gasteiger partial charge in [0.25, 0.3) is 6.43 Å². The summed E-state index contributed by atoms with van der Waals surface area (Å²) in [5.74, 6) is -0.355. The predicted octanol–water partition coefficient (Wildman–Crippen LogP) is 1.38. The van der Waals surface area contributed by atoms with Crippen LogP contribution >= 0.6 is 12.2 Å². The minimum Gasteiger partial charge on any atom is -0.389 e. The number of rotatable bonds is 7. The van der Waals surface area contributed by atoms with E-state index >= 15 is 0 Å². The number of sulfone groups is 1. The third-order valence-electron chi connectivity index (χ3n) is 2.24. The molecule has 0 amide bonds. The van der Waals surface area contributed by atoms with E-state index in [4.69, 9.17) is 18.0 Å².